The van der Waals surface area contributed by atoms with Crippen molar-refractivity contribution in [2.24, 2.45) is 5.41 Å². The molecule has 0 heterocycles. The van der Waals surface area contributed by atoms with Gasteiger partial charge in [-0.2, -0.15) is 0 Å². The Morgan fingerprint density at radius 3 is 1.09 bits per heavy atom. The zero-order chi connectivity index (χ0) is 32.0. The van der Waals surface area contributed by atoms with E-state index < -0.39 is 0 Å². The number of carbonyl (C=O) groups excluding carboxylic acids is 3. The average Bonchev–Trinajstić information content (AvgIpc) is 2.93. The minimum absolute atomic E-state index is 0.174. The standard InChI is InChI=1S/C37H73N3O3/c1-33(2)40-36(43)29-23-17-13-9-8-12-16-22-27-34(41)38-31-25-19-14-10-6-7-11-15-21-28-35(42)39-32-26-20-18-24-30-37(3,4)5/h33H,6-32H2,1-5H3,(H,38,41)(H,39,42)(H,40,43). The fourth-order valence-corrected chi connectivity index (χ4v) is 5.44. The van der Waals surface area contributed by atoms with Crippen LogP contribution in [0.3, 0.4) is 0 Å². The predicted octanol–water partition coefficient (Wildman–Crippen LogP) is 9.54. The summed E-state index contributed by atoms with van der Waals surface area (Å²) in [6.07, 6.45) is 28.0. The summed E-state index contributed by atoms with van der Waals surface area (Å²) in [6.45, 7) is 12.5. The highest BCUT2D eigenvalue weighted by molar-refractivity contribution is 5.76. The second-order valence-corrected chi connectivity index (χ2v) is 14.4. The number of nitrogens with one attached hydrogen (secondary N) is 3. The summed E-state index contributed by atoms with van der Waals surface area (Å²) in [5.74, 6) is 0.609. The Kier molecular flexibility index (Phi) is 28.1. The van der Waals surface area contributed by atoms with Gasteiger partial charge in [-0.15, -0.1) is 0 Å². The van der Waals surface area contributed by atoms with Gasteiger partial charge in [-0.05, 0) is 57.8 Å². The molecule has 0 aliphatic carbocycles. The van der Waals surface area contributed by atoms with Gasteiger partial charge >= 0.3 is 0 Å². The first-order valence-electron chi connectivity index (χ1n) is 18.4. The molecule has 0 aromatic heterocycles. The quantitative estimate of drug-likeness (QED) is 0.0711. The first-order chi connectivity index (χ1) is 20.6. The number of hydrogen-bond donors (Lipinski definition) is 3. The number of carbonyl (C=O) groups is 3. The molecule has 0 aromatic carbocycles. The van der Waals surface area contributed by atoms with Crippen LogP contribution in [0.2, 0.25) is 0 Å². The van der Waals surface area contributed by atoms with Crippen molar-refractivity contribution in [1.82, 2.24) is 16.0 Å². The van der Waals surface area contributed by atoms with E-state index >= 15 is 0 Å². The number of unbranched alkanes of at least 4 members (excludes halogenated alkanes) is 18. The van der Waals surface area contributed by atoms with Gasteiger partial charge in [-0.25, -0.2) is 0 Å². The summed E-state index contributed by atoms with van der Waals surface area (Å²) in [7, 11) is 0. The van der Waals surface area contributed by atoms with Gasteiger partial charge in [0.2, 0.25) is 17.7 Å². The van der Waals surface area contributed by atoms with E-state index in [0.717, 1.165) is 64.5 Å². The van der Waals surface area contributed by atoms with Gasteiger partial charge in [-0.1, -0.05) is 124 Å². The van der Waals surface area contributed by atoms with E-state index in [1.54, 1.807) is 0 Å². The maximum absolute atomic E-state index is 12.0. The fourth-order valence-electron chi connectivity index (χ4n) is 5.44. The molecule has 6 heteroatoms. The maximum Gasteiger partial charge on any atom is 0.220 e. The fraction of sp³-hybridized carbons (Fsp3) is 0.919. The number of hydrogen-bond acceptors (Lipinski definition) is 3. The molecule has 0 saturated heterocycles. The van der Waals surface area contributed by atoms with Crippen LogP contribution >= 0.6 is 0 Å². The summed E-state index contributed by atoms with van der Waals surface area (Å²) >= 11 is 0. The molecular formula is C37H73N3O3. The molecule has 0 saturated carbocycles. The van der Waals surface area contributed by atoms with Crippen LogP contribution in [0.4, 0.5) is 0 Å². The SMILES string of the molecule is CC(C)NC(=O)CCCCCCCCCCC(=O)NCCCCCCCCCCCC(=O)NCCCCCCC(C)(C)C. The zero-order valence-electron chi connectivity index (χ0n) is 29.4. The van der Waals surface area contributed by atoms with Gasteiger partial charge < -0.3 is 16.0 Å². The Bertz CT molecular complexity index is 673. The van der Waals surface area contributed by atoms with Crippen molar-refractivity contribution < 1.29 is 14.4 Å². The van der Waals surface area contributed by atoms with Gasteiger partial charge in [-0.3, -0.25) is 14.4 Å². The molecule has 3 amide bonds. The molecule has 3 N–H and O–H groups in total. The normalized spacial score (nSPS) is 11.6. The number of amides is 3. The lowest BCUT2D eigenvalue weighted by Crippen LogP contribution is -2.29. The molecule has 6 nitrogen and oxygen atoms in total. The monoisotopic (exact) mass is 608 g/mol. The molecule has 0 aromatic rings. The average molecular weight is 608 g/mol. The lowest BCUT2D eigenvalue weighted by Gasteiger charge is -2.17. The van der Waals surface area contributed by atoms with Crippen molar-refractivity contribution in [3.8, 4) is 0 Å². The van der Waals surface area contributed by atoms with Crippen LogP contribution in [-0.2, 0) is 14.4 Å². The molecule has 254 valence electrons. The highest BCUT2D eigenvalue weighted by atomic mass is 16.2. The number of rotatable bonds is 30. The Balaban J connectivity index is 3.29. The van der Waals surface area contributed by atoms with Gasteiger partial charge in [0, 0.05) is 38.4 Å². The van der Waals surface area contributed by atoms with Crippen LogP contribution in [0.25, 0.3) is 0 Å². The summed E-state index contributed by atoms with van der Waals surface area (Å²) in [5.41, 5.74) is 0.438. The van der Waals surface area contributed by atoms with E-state index in [-0.39, 0.29) is 23.8 Å². The minimum atomic E-state index is 0.174. The summed E-state index contributed by atoms with van der Waals surface area (Å²) in [5, 5.41) is 9.12. The summed E-state index contributed by atoms with van der Waals surface area (Å²) in [6, 6.07) is 0.234. The Hall–Kier alpha value is -1.59. The largest absolute Gasteiger partial charge is 0.356 e. The molecule has 0 bridgehead atoms. The molecule has 0 spiro atoms. The van der Waals surface area contributed by atoms with Gasteiger partial charge in [0.25, 0.3) is 0 Å². The maximum atomic E-state index is 12.0. The Morgan fingerprint density at radius 2 is 0.744 bits per heavy atom. The third-order valence-electron chi connectivity index (χ3n) is 8.09. The molecule has 0 fully saturated rings. The molecular weight excluding hydrogens is 534 g/mol. The first kappa shape index (κ1) is 41.4. The van der Waals surface area contributed by atoms with E-state index in [0.29, 0.717) is 24.7 Å². The molecule has 0 unspecified atom stereocenters. The molecule has 43 heavy (non-hydrogen) atoms. The smallest absolute Gasteiger partial charge is 0.220 e. The molecule has 0 aliphatic rings. The Labute approximate surface area is 267 Å². The van der Waals surface area contributed by atoms with Crippen molar-refractivity contribution in [3.05, 3.63) is 0 Å². The molecule has 0 radical (unpaired) electrons. The second kappa shape index (κ2) is 29.1. The lowest BCUT2D eigenvalue weighted by molar-refractivity contribution is -0.122. The van der Waals surface area contributed by atoms with Gasteiger partial charge in [0.1, 0.15) is 0 Å². The van der Waals surface area contributed by atoms with Crippen LogP contribution in [-0.4, -0.2) is 36.9 Å². The van der Waals surface area contributed by atoms with Gasteiger partial charge in [0.15, 0.2) is 0 Å². The predicted molar refractivity (Wildman–Crippen MR) is 184 cm³/mol. The van der Waals surface area contributed by atoms with Crippen molar-refractivity contribution >= 4 is 17.7 Å². The third-order valence-corrected chi connectivity index (χ3v) is 8.09. The van der Waals surface area contributed by atoms with E-state index in [2.05, 4.69) is 36.7 Å². The highest BCUT2D eigenvalue weighted by Gasteiger charge is 2.09. The van der Waals surface area contributed by atoms with Crippen LogP contribution in [0.15, 0.2) is 0 Å². The van der Waals surface area contributed by atoms with Crippen LogP contribution in [0, 0.1) is 5.41 Å². The van der Waals surface area contributed by atoms with Crippen molar-refractivity contribution in [3.63, 3.8) is 0 Å². The van der Waals surface area contributed by atoms with Crippen LogP contribution in [0.5, 0.6) is 0 Å². The first-order valence-corrected chi connectivity index (χ1v) is 18.4. The van der Waals surface area contributed by atoms with E-state index in [1.807, 2.05) is 13.8 Å². The van der Waals surface area contributed by atoms with E-state index in [9.17, 15) is 14.4 Å². The van der Waals surface area contributed by atoms with Crippen molar-refractivity contribution in [2.45, 2.75) is 201 Å². The van der Waals surface area contributed by atoms with E-state index in [4.69, 9.17) is 0 Å². The van der Waals surface area contributed by atoms with Crippen molar-refractivity contribution in [1.29, 1.82) is 0 Å². The molecule has 0 aliphatic heterocycles. The molecule has 0 atom stereocenters. The minimum Gasteiger partial charge on any atom is -0.356 e. The second-order valence-electron chi connectivity index (χ2n) is 14.4. The Morgan fingerprint density at radius 1 is 0.442 bits per heavy atom. The molecule has 0 rings (SSSR count). The van der Waals surface area contributed by atoms with Crippen LogP contribution in [0.1, 0.15) is 195 Å². The van der Waals surface area contributed by atoms with Crippen LogP contribution < -0.4 is 16.0 Å². The van der Waals surface area contributed by atoms with Crippen molar-refractivity contribution in [2.75, 3.05) is 13.1 Å². The topological polar surface area (TPSA) is 87.3 Å². The lowest BCUT2D eigenvalue weighted by atomic mass is 9.89. The highest BCUT2D eigenvalue weighted by Crippen LogP contribution is 2.22. The zero-order valence-corrected chi connectivity index (χ0v) is 29.4. The third kappa shape index (κ3) is 34.8. The van der Waals surface area contributed by atoms with Gasteiger partial charge in [0.05, 0.1) is 0 Å². The summed E-state index contributed by atoms with van der Waals surface area (Å²) < 4.78 is 0. The van der Waals surface area contributed by atoms with E-state index in [1.165, 1.54) is 89.9 Å². The summed E-state index contributed by atoms with van der Waals surface area (Å²) in [4.78, 5) is 35.6.